The molecule has 0 saturated heterocycles. The summed E-state index contributed by atoms with van der Waals surface area (Å²) in [6.07, 6.45) is 0. The van der Waals surface area contributed by atoms with Crippen molar-refractivity contribution in [2.45, 2.75) is 0 Å². The maximum Gasteiger partial charge on any atom is 0 e. The van der Waals surface area contributed by atoms with Gasteiger partial charge in [0, 0.05) is 43.4 Å². The normalized spacial score (nSPS) is 0. The maximum absolute atomic E-state index is 0. The fraction of sp³-hybridized carbons (Fsp3) is 0. The molecule has 2 nitrogen and oxygen atoms in total. The monoisotopic (exact) mass is 314 g/mol. The molecule has 0 aromatic rings. The molecule has 0 aromatic carbocycles. The summed E-state index contributed by atoms with van der Waals surface area (Å²) < 4.78 is 0. The first kappa shape index (κ1) is 55.6. The van der Waals surface area contributed by atoms with Gasteiger partial charge < -0.3 is 11.6 Å². The van der Waals surface area contributed by atoms with Crippen LogP contribution in [0.4, 0.5) is 0 Å². The number of rotatable bonds is 0. The summed E-state index contributed by atoms with van der Waals surface area (Å²) in [5.74, 6) is 0. The Kier molecular flexibility index (Phi) is 373. The fourth-order valence-electron chi connectivity index (χ4n) is 0. The van der Waals surface area contributed by atoms with Gasteiger partial charge in [-0.3, -0.25) is 0 Å². The molecule has 1 radical (unpaired) electrons. The summed E-state index contributed by atoms with van der Waals surface area (Å²) in [5.41, 5.74) is 0. The van der Waals surface area contributed by atoms with Gasteiger partial charge in [-0.05, 0) is 0 Å². The SMILES string of the molecule is N.O.[Mo].[Ta]. The molecule has 0 fully saturated rings. The van der Waals surface area contributed by atoms with Crippen molar-refractivity contribution in [3.63, 3.8) is 0 Å². The van der Waals surface area contributed by atoms with Crippen LogP contribution in [0.25, 0.3) is 0 Å². The van der Waals surface area contributed by atoms with Crippen molar-refractivity contribution in [2.75, 3.05) is 0 Å². The molecule has 0 atom stereocenters. The van der Waals surface area contributed by atoms with Crippen LogP contribution in [-0.2, 0) is 43.4 Å². The fourth-order valence-corrected chi connectivity index (χ4v) is 0. The topological polar surface area (TPSA) is 66.5 Å². The molecule has 0 saturated carbocycles. The van der Waals surface area contributed by atoms with E-state index >= 15 is 0 Å². The summed E-state index contributed by atoms with van der Waals surface area (Å²) in [6.45, 7) is 0. The second-order valence-corrected chi connectivity index (χ2v) is 0. The first-order chi connectivity index (χ1) is 0. The molecule has 0 heterocycles. The zero-order valence-corrected chi connectivity index (χ0v) is 7.28. The Labute approximate surface area is 55.0 Å². The van der Waals surface area contributed by atoms with E-state index in [-0.39, 0.29) is 55.1 Å². The zero-order valence-electron chi connectivity index (χ0n) is 2.06. The molecule has 0 rings (SSSR count). The summed E-state index contributed by atoms with van der Waals surface area (Å²) >= 11 is 0. The molecule has 27 valence electrons. The van der Waals surface area contributed by atoms with Crippen molar-refractivity contribution in [3.05, 3.63) is 0 Å². The summed E-state index contributed by atoms with van der Waals surface area (Å²) in [4.78, 5) is 0. The molecular weight excluding hydrogens is 307 g/mol. The average molecular weight is 312 g/mol. The molecule has 4 heteroatoms. The van der Waals surface area contributed by atoms with Crippen LogP contribution in [0.3, 0.4) is 0 Å². The van der Waals surface area contributed by atoms with Crippen LogP contribution >= 0.6 is 0 Å². The molecule has 0 bridgehead atoms. The Balaban J connectivity index is 0. The summed E-state index contributed by atoms with van der Waals surface area (Å²) in [7, 11) is 0. The predicted octanol–water partition coefficient (Wildman–Crippen LogP) is -0.668. The van der Waals surface area contributed by atoms with Gasteiger partial charge in [0.05, 0.1) is 0 Å². The van der Waals surface area contributed by atoms with Crippen molar-refractivity contribution in [2.24, 2.45) is 0 Å². The third-order valence-electron chi connectivity index (χ3n) is 0. The van der Waals surface area contributed by atoms with E-state index in [4.69, 9.17) is 0 Å². The van der Waals surface area contributed by atoms with Gasteiger partial charge in [0.1, 0.15) is 0 Å². The van der Waals surface area contributed by atoms with Crippen LogP contribution in [0.2, 0.25) is 0 Å². The first-order valence-electron chi connectivity index (χ1n) is 0. The van der Waals surface area contributed by atoms with Gasteiger partial charge in [0.25, 0.3) is 0 Å². The van der Waals surface area contributed by atoms with Gasteiger partial charge in [0.2, 0.25) is 0 Å². The molecule has 0 aromatic heterocycles. The molecule has 5 N–H and O–H groups in total. The summed E-state index contributed by atoms with van der Waals surface area (Å²) in [5, 5.41) is 0. The smallest absolute Gasteiger partial charge is 0 e. The second-order valence-electron chi connectivity index (χ2n) is 0. The van der Waals surface area contributed by atoms with Gasteiger partial charge in [-0.15, -0.1) is 0 Å². The minimum absolute atomic E-state index is 0. The molecule has 0 aliphatic rings. The second kappa shape index (κ2) is 26.8. The van der Waals surface area contributed by atoms with Crippen LogP contribution in [0, 0.1) is 0 Å². The van der Waals surface area contributed by atoms with Gasteiger partial charge in [0.15, 0.2) is 0 Å². The average Bonchev–Trinajstić information content (AvgIpc) is 0. The van der Waals surface area contributed by atoms with Crippen LogP contribution in [0.1, 0.15) is 0 Å². The van der Waals surface area contributed by atoms with E-state index in [0.29, 0.717) is 0 Å². The Morgan fingerprint density at radius 2 is 1.00 bits per heavy atom. The largest absolute Gasteiger partial charge is 0.412 e. The Hall–Kier alpha value is 1.35. The predicted molar refractivity (Wildman–Crippen MR) is 8.64 cm³/mol. The Bertz CT molecular complexity index is 8.00. The van der Waals surface area contributed by atoms with Crippen molar-refractivity contribution in [3.8, 4) is 0 Å². The quantitative estimate of drug-likeness (QED) is 0.593. The van der Waals surface area contributed by atoms with Crippen molar-refractivity contribution in [1.29, 1.82) is 0 Å². The Morgan fingerprint density at radius 1 is 1.00 bits per heavy atom. The molecule has 0 unspecified atom stereocenters. The van der Waals surface area contributed by atoms with E-state index in [1.165, 1.54) is 0 Å². The molecule has 0 aliphatic heterocycles. The van der Waals surface area contributed by atoms with Crippen LogP contribution in [-0.4, -0.2) is 5.48 Å². The minimum Gasteiger partial charge on any atom is -0.412 e. The Morgan fingerprint density at radius 3 is 1.00 bits per heavy atom. The van der Waals surface area contributed by atoms with E-state index < -0.39 is 0 Å². The standard InChI is InChI=1S/Mo.H3N.H2O.Ta/h;1H3;1H2;. The first-order valence-corrected chi connectivity index (χ1v) is 0. The van der Waals surface area contributed by atoms with E-state index in [2.05, 4.69) is 0 Å². The third-order valence-corrected chi connectivity index (χ3v) is 0. The van der Waals surface area contributed by atoms with Gasteiger partial charge in [-0.1, -0.05) is 0 Å². The third kappa shape index (κ3) is 10.2. The molecule has 0 spiro atoms. The van der Waals surface area contributed by atoms with Crippen LogP contribution < -0.4 is 6.15 Å². The van der Waals surface area contributed by atoms with Gasteiger partial charge in [-0.25, -0.2) is 0 Å². The number of hydrogen-bond donors (Lipinski definition) is 1. The van der Waals surface area contributed by atoms with Crippen LogP contribution in [0.15, 0.2) is 0 Å². The molecular formula is H5MoNOTa. The zero-order chi connectivity index (χ0) is 0. The van der Waals surface area contributed by atoms with Crippen molar-refractivity contribution < 1.29 is 48.9 Å². The van der Waals surface area contributed by atoms with Gasteiger partial charge >= 0.3 is 0 Å². The maximum atomic E-state index is 0. The summed E-state index contributed by atoms with van der Waals surface area (Å²) in [6, 6.07) is 0. The molecule has 0 aliphatic carbocycles. The van der Waals surface area contributed by atoms with E-state index in [1.807, 2.05) is 0 Å². The number of hydrogen-bond acceptors (Lipinski definition) is 1. The van der Waals surface area contributed by atoms with Crippen molar-refractivity contribution in [1.82, 2.24) is 6.15 Å². The van der Waals surface area contributed by atoms with Crippen LogP contribution in [0.5, 0.6) is 0 Å². The molecule has 0 amide bonds. The van der Waals surface area contributed by atoms with E-state index in [1.54, 1.807) is 0 Å². The van der Waals surface area contributed by atoms with Crippen molar-refractivity contribution >= 4 is 0 Å². The van der Waals surface area contributed by atoms with E-state index in [0.717, 1.165) is 0 Å². The van der Waals surface area contributed by atoms with E-state index in [9.17, 15) is 0 Å². The van der Waals surface area contributed by atoms with Gasteiger partial charge in [-0.2, -0.15) is 0 Å². The minimum atomic E-state index is 0. The molecule has 4 heavy (non-hydrogen) atoms.